The summed E-state index contributed by atoms with van der Waals surface area (Å²) in [5.74, 6) is 0.621. The van der Waals surface area contributed by atoms with E-state index in [0.29, 0.717) is 18.0 Å². The second kappa shape index (κ2) is 5.38. The third-order valence-electron chi connectivity index (χ3n) is 2.51. The molecular weight excluding hydrogens is 222 g/mol. The molecule has 0 amide bonds. The smallest absolute Gasteiger partial charge is 0.244 e. The molecule has 2 heterocycles. The summed E-state index contributed by atoms with van der Waals surface area (Å²) in [6.07, 6.45) is 4.62. The lowest BCUT2D eigenvalue weighted by molar-refractivity contribution is -0.463. The van der Waals surface area contributed by atoms with Crippen LogP contribution in [-0.2, 0) is 0 Å². The van der Waals surface area contributed by atoms with Crippen LogP contribution >= 0.6 is 0 Å². The van der Waals surface area contributed by atoms with E-state index in [2.05, 4.69) is 9.98 Å². The highest BCUT2D eigenvalue weighted by Crippen LogP contribution is 2.16. The van der Waals surface area contributed by atoms with E-state index < -0.39 is 0 Å². The van der Waals surface area contributed by atoms with E-state index in [9.17, 15) is 10.1 Å². The largest absolute Gasteiger partial charge is 0.483 e. The van der Waals surface area contributed by atoms with Crippen molar-refractivity contribution >= 4 is 5.71 Å². The van der Waals surface area contributed by atoms with E-state index in [1.807, 2.05) is 0 Å². The molecule has 6 nitrogen and oxygen atoms in total. The van der Waals surface area contributed by atoms with Crippen LogP contribution in [0.15, 0.2) is 29.5 Å². The van der Waals surface area contributed by atoms with Crippen molar-refractivity contribution in [3.05, 3.63) is 34.6 Å². The molecular formula is C11H13N3O3. The Morgan fingerprint density at radius 1 is 1.59 bits per heavy atom. The molecule has 1 aliphatic heterocycles. The lowest BCUT2D eigenvalue weighted by atomic mass is 10.1. The lowest BCUT2D eigenvalue weighted by Crippen LogP contribution is -2.35. The van der Waals surface area contributed by atoms with Gasteiger partial charge >= 0.3 is 0 Å². The molecule has 0 radical (unpaired) electrons. The van der Waals surface area contributed by atoms with Crippen LogP contribution in [-0.4, -0.2) is 34.8 Å². The molecule has 17 heavy (non-hydrogen) atoms. The van der Waals surface area contributed by atoms with Crippen molar-refractivity contribution in [1.82, 2.24) is 4.98 Å². The molecule has 6 heteroatoms. The third kappa shape index (κ3) is 3.24. The van der Waals surface area contributed by atoms with Gasteiger partial charge in [0.05, 0.1) is 6.20 Å². The maximum atomic E-state index is 10.5. The number of ether oxygens (including phenoxy) is 1. The highest BCUT2D eigenvalue weighted by Gasteiger charge is 2.25. The summed E-state index contributed by atoms with van der Waals surface area (Å²) in [5.41, 5.74) is 0.519. The minimum absolute atomic E-state index is 0.245. The maximum absolute atomic E-state index is 10.5. The standard InChI is InChI=1S/C11H13N3O3/c15-14(16)8-10-11(4-2-6-13-10)17-9-3-1-5-12-7-9/h1,3,5,7,11H,2,4,6,8H2. The quantitative estimate of drug-likeness (QED) is 0.582. The Labute approximate surface area is 98.5 Å². The summed E-state index contributed by atoms with van der Waals surface area (Å²) in [6, 6.07) is 3.55. The number of hydrogen-bond donors (Lipinski definition) is 0. The molecule has 1 atom stereocenters. The SMILES string of the molecule is O=[N+]([O-])CC1=NCCCC1Oc1cccnc1. The first-order chi connectivity index (χ1) is 8.25. The molecule has 0 fully saturated rings. The van der Waals surface area contributed by atoms with Gasteiger partial charge in [0.1, 0.15) is 17.6 Å². The van der Waals surface area contributed by atoms with Gasteiger partial charge in [0, 0.05) is 17.7 Å². The van der Waals surface area contributed by atoms with Gasteiger partial charge in [0.25, 0.3) is 0 Å². The van der Waals surface area contributed by atoms with Gasteiger partial charge in [0.15, 0.2) is 0 Å². The number of hydrogen-bond acceptors (Lipinski definition) is 5. The Morgan fingerprint density at radius 2 is 2.47 bits per heavy atom. The van der Waals surface area contributed by atoms with Crippen LogP contribution in [0.4, 0.5) is 0 Å². The third-order valence-corrected chi connectivity index (χ3v) is 2.51. The lowest BCUT2D eigenvalue weighted by Gasteiger charge is -2.22. The first-order valence-electron chi connectivity index (χ1n) is 5.47. The fourth-order valence-corrected chi connectivity index (χ4v) is 1.76. The normalized spacial score (nSPS) is 19.5. The van der Waals surface area contributed by atoms with Crippen LogP contribution in [0.1, 0.15) is 12.8 Å². The molecule has 0 aromatic carbocycles. The monoisotopic (exact) mass is 235 g/mol. The Kier molecular flexibility index (Phi) is 3.64. The molecule has 0 saturated carbocycles. The molecule has 0 bridgehead atoms. The number of aromatic nitrogens is 1. The molecule has 0 spiro atoms. The molecule has 1 unspecified atom stereocenters. The van der Waals surface area contributed by atoms with Crippen molar-refractivity contribution in [2.75, 3.05) is 13.1 Å². The summed E-state index contributed by atoms with van der Waals surface area (Å²) in [4.78, 5) is 18.3. The number of pyridine rings is 1. The average molecular weight is 235 g/mol. The topological polar surface area (TPSA) is 77.6 Å². The predicted molar refractivity (Wildman–Crippen MR) is 62.1 cm³/mol. The minimum Gasteiger partial charge on any atom is -0.483 e. The number of nitrogens with zero attached hydrogens (tertiary/aromatic N) is 3. The van der Waals surface area contributed by atoms with Crippen molar-refractivity contribution in [3.8, 4) is 5.75 Å². The first-order valence-corrected chi connectivity index (χ1v) is 5.47. The Morgan fingerprint density at radius 3 is 3.18 bits per heavy atom. The zero-order chi connectivity index (χ0) is 12.1. The van der Waals surface area contributed by atoms with Crippen molar-refractivity contribution < 1.29 is 9.66 Å². The zero-order valence-corrected chi connectivity index (χ0v) is 9.28. The maximum Gasteiger partial charge on any atom is 0.244 e. The van der Waals surface area contributed by atoms with Crippen molar-refractivity contribution in [3.63, 3.8) is 0 Å². The predicted octanol–water partition coefficient (Wildman–Crippen LogP) is 1.34. The summed E-state index contributed by atoms with van der Waals surface area (Å²) >= 11 is 0. The van der Waals surface area contributed by atoms with Gasteiger partial charge in [0.2, 0.25) is 6.54 Å². The van der Waals surface area contributed by atoms with E-state index in [-0.39, 0.29) is 17.6 Å². The molecule has 90 valence electrons. The van der Waals surface area contributed by atoms with Gasteiger partial charge in [-0.15, -0.1) is 0 Å². The Hall–Kier alpha value is -1.98. The Bertz CT molecular complexity index is 419. The summed E-state index contributed by atoms with van der Waals surface area (Å²) < 4.78 is 5.67. The van der Waals surface area contributed by atoms with Gasteiger partial charge in [-0.25, -0.2) is 0 Å². The van der Waals surface area contributed by atoms with Crippen LogP contribution in [0.5, 0.6) is 5.75 Å². The fourth-order valence-electron chi connectivity index (χ4n) is 1.76. The number of nitro groups is 1. The molecule has 0 aliphatic carbocycles. The molecule has 1 aromatic heterocycles. The summed E-state index contributed by atoms with van der Waals surface area (Å²) in [7, 11) is 0. The summed E-state index contributed by atoms with van der Waals surface area (Å²) in [6.45, 7) is 0.404. The van der Waals surface area contributed by atoms with Gasteiger partial charge in [-0.1, -0.05) is 0 Å². The molecule has 1 aromatic rings. The highest BCUT2D eigenvalue weighted by molar-refractivity contribution is 5.90. The van der Waals surface area contributed by atoms with E-state index in [1.165, 1.54) is 0 Å². The Balaban J connectivity index is 2.06. The van der Waals surface area contributed by atoms with Gasteiger partial charge in [-0.2, -0.15) is 0 Å². The van der Waals surface area contributed by atoms with Crippen LogP contribution in [0.2, 0.25) is 0 Å². The van der Waals surface area contributed by atoms with Gasteiger partial charge in [-0.3, -0.25) is 20.1 Å². The van der Waals surface area contributed by atoms with Crippen LogP contribution in [0, 0.1) is 10.1 Å². The molecule has 2 rings (SSSR count). The van der Waals surface area contributed by atoms with Crippen molar-refractivity contribution in [1.29, 1.82) is 0 Å². The van der Waals surface area contributed by atoms with E-state index >= 15 is 0 Å². The molecule has 0 N–H and O–H groups in total. The second-order valence-electron chi connectivity index (χ2n) is 3.80. The zero-order valence-electron chi connectivity index (χ0n) is 9.28. The highest BCUT2D eigenvalue weighted by atomic mass is 16.6. The van der Waals surface area contributed by atoms with E-state index in [4.69, 9.17) is 4.74 Å². The van der Waals surface area contributed by atoms with Crippen LogP contribution < -0.4 is 4.74 Å². The van der Waals surface area contributed by atoms with Gasteiger partial charge < -0.3 is 4.74 Å². The fraction of sp³-hybridized carbons (Fsp3) is 0.455. The summed E-state index contributed by atoms with van der Waals surface area (Å²) in [5, 5.41) is 10.5. The number of aliphatic imine (C=N–C) groups is 1. The first kappa shape index (κ1) is 11.5. The van der Waals surface area contributed by atoms with Crippen molar-refractivity contribution in [2.45, 2.75) is 18.9 Å². The van der Waals surface area contributed by atoms with Crippen LogP contribution in [0.25, 0.3) is 0 Å². The number of rotatable bonds is 4. The van der Waals surface area contributed by atoms with E-state index in [1.54, 1.807) is 24.5 Å². The van der Waals surface area contributed by atoms with Crippen LogP contribution in [0.3, 0.4) is 0 Å². The molecule has 0 saturated heterocycles. The minimum atomic E-state index is -0.371. The van der Waals surface area contributed by atoms with Crippen molar-refractivity contribution in [2.24, 2.45) is 4.99 Å². The average Bonchev–Trinajstić information content (AvgIpc) is 2.32. The molecule has 1 aliphatic rings. The second-order valence-corrected chi connectivity index (χ2v) is 3.80. The van der Waals surface area contributed by atoms with Gasteiger partial charge in [-0.05, 0) is 25.0 Å². The van der Waals surface area contributed by atoms with E-state index in [0.717, 1.165) is 12.8 Å².